The van der Waals surface area contributed by atoms with Crippen LogP contribution in [0, 0.1) is 10.8 Å². The molecule has 0 radical (unpaired) electrons. The van der Waals surface area contributed by atoms with Crippen molar-refractivity contribution < 1.29 is 28.5 Å². The molecule has 174 valence electrons. The van der Waals surface area contributed by atoms with Crippen molar-refractivity contribution in [3.8, 4) is 0 Å². The molecule has 0 bridgehead atoms. The molecule has 0 aliphatic heterocycles. The number of carbonyl (C=O) groups excluding carboxylic acids is 1. The van der Waals surface area contributed by atoms with Gasteiger partial charge in [-0.2, -0.15) is 0 Å². The molecule has 0 unspecified atom stereocenters. The van der Waals surface area contributed by atoms with Gasteiger partial charge in [-0.25, -0.2) is 0 Å². The van der Waals surface area contributed by atoms with Gasteiger partial charge in [0.05, 0.1) is 45.1 Å². The number of methoxy groups -OCH3 is 1. The van der Waals surface area contributed by atoms with E-state index in [9.17, 15) is 4.79 Å². The van der Waals surface area contributed by atoms with E-state index < -0.39 is 5.41 Å². The van der Waals surface area contributed by atoms with E-state index in [0.29, 0.717) is 45.1 Å². The Morgan fingerprint density at radius 2 is 1.17 bits per heavy atom. The first kappa shape index (κ1) is 28.3. The number of esters is 1. The van der Waals surface area contributed by atoms with Gasteiger partial charge in [0, 0.05) is 33.4 Å². The van der Waals surface area contributed by atoms with Crippen LogP contribution in [0.5, 0.6) is 0 Å². The van der Waals surface area contributed by atoms with Crippen LogP contribution in [0.1, 0.15) is 48.0 Å². The molecule has 0 saturated heterocycles. The molecular weight excluding hydrogens is 374 g/mol. The normalized spacial score (nSPS) is 12.6. The Morgan fingerprint density at radius 3 is 1.62 bits per heavy atom. The van der Waals surface area contributed by atoms with Gasteiger partial charge in [0.15, 0.2) is 0 Å². The lowest BCUT2D eigenvalue weighted by atomic mass is 9.93. The number of nitrogens with zero attached hydrogens (tertiary/aromatic N) is 1. The molecule has 29 heavy (non-hydrogen) atoms. The quantitative estimate of drug-likeness (QED) is 0.265. The zero-order valence-corrected chi connectivity index (χ0v) is 19.9. The Balaban J connectivity index is 4.02. The molecule has 0 saturated carbocycles. The molecule has 0 rings (SSSR count). The summed E-state index contributed by atoms with van der Waals surface area (Å²) in [6, 6.07) is 0. The summed E-state index contributed by atoms with van der Waals surface area (Å²) < 4.78 is 27.2. The largest absolute Gasteiger partial charge is 0.463 e. The van der Waals surface area contributed by atoms with Crippen molar-refractivity contribution in [1.82, 2.24) is 4.90 Å². The van der Waals surface area contributed by atoms with Crippen LogP contribution < -0.4 is 0 Å². The summed E-state index contributed by atoms with van der Waals surface area (Å²) in [5, 5.41) is 0. The SMILES string of the molecule is COCCOCCN(CCOCCOC(=O)C(C)(C)C)CCOCCC(C)(C)C. The van der Waals surface area contributed by atoms with Crippen molar-refractivity contribution in [1.29, 1.82) is 0 Å². The number of carbonyl (C=O) groups is 1. The van der Waals surface area contributed by atoms with E-state index in [2.05, 4.69) is 25.7 Å². The first-order valence-electron chi connectivity index (χ1n) is 10.7. The molecule has 0 aliphatic carbocycles. The van der Waals surface area contributed by atoms with E-state index in [1.165, 1.54) is 0 Å². The minimum atomic E-state index is -0.480. The van der Waals surface area contributed by atoms with Crippen LogP contribution in [-0.2, 0) is 28.5 Å². The van der Waals surface area contributed by atoms with Gasteiger partial charge in [0.25, 0.3) is 0 Å². The molecule has 7 heteroatoms. The fourth-order valence-corrected chi connectivity index (χ4v) is 2.15. The summed E-state index contributed by atoms with van der Waals surface area (Å²) in [7, 11) is 1.67. The fourth-order valence-electron chi connectivity index (χ4n) is 2.15. The van der Waals surface area contributed by atoms with Gasteiger partial charge in [-0.1, -0.05) is 20.8 Å². The highest BCUT2D eigenvalue weighted by Crippen LogP contribution is 2.17. The van der Waals surface area contributed by atoms with Gasteiger partial charge in [-0.05, 0) is 32.6 Å². The highest BCUT2D eigenvalue weighted by Gasteiger charge is 2.22. The van der Waals surface area contributed by atoms with Crippen molar-refractivity contribution in [3.05, 3.63) is 0 Å². The second-order valence-corrected chi connectivity index (χ2v) is 9.37. The second-order valence-electron chi connectivity index (χ2n) is 9.37. The third-order valence-corrected chi connectivity index (χ3v) is 4.16. The topological polar surface area (TPSA) is 66.5 Å². The Hall–Kier alpha value is -0.730. The van der Waals surface area contributed by atoms with E-state index >= 15 is 0 Å². The Bertz CT molecular complexity index is 403. The van der Waals surface area contributed by atoms with Gasteiger partial charge in [-0.3, -0.25) is 9.69 Å². The molecule has 0 aromatic rings. The molecule has 0 aliphatic rings. The molecule has 0 spiro atoms. The van der Waals surface area contributed by atoms with Crippen molar-refractivity contribution >= 4 is 5.97 Å². The predicted octanol–water partition coefficient (Wildman–Crippen LogP) is 3.01. The third-order valence-electron chi connectivity index (χ3n) is 4.16. The fraction of sp³-hybridized carbons (Fsp3) is 0.955. The number of hydrogen-bond donors (Lipinski definition) is 0. The zero-order chi connectivity index (χ0) is 22.2. The summed E-state index contributed by atoms with van der Waals surface area (Å²) in [5.41, 5.74) is -0.189. The van der Waals surface area contributed by atoms with Crippen LogP contribution in [0.2, 0.25) is 0 Å². The molecule has 0 aromatic carbocycles. The lowest BCUT2D eigenvalue weighted by Gasteiger charge is -2.23. The smallest absolute Gasteiger partial charge is 0.311 e. The van der Waals surface area contributed by atoms with Crippen molar-refractivity contribution in [2.45, 2.75) is 48.0 Å². The Morgan fingerprint density at radius 1 is 0.690 bits per heavy atom. The van der Waals surface area contributed by atoms with Gasteiger partial charge in [-0.15, -0.1) is 0 Å². The Kier molecular flexibility index (Phi) is 15.6. The monoisotopic (exact) mass is 419 g/mol. The third kappa shape index (κ3) is 19.0. The number of hydrogen-bond acceptors (Lipinski definition) is 7. The van der Waals surface area contributed by atoms with Gasteiger partial charge < -0.3 is 23.7 Å². The molecule has 0 atom stereocenters. The predicted molar refractivity (Wildman–Crippen MR) is 115 cm³/mol. The highest BCUT2D eigenvalue weighted by atomic mass is 16.6. The maximum Gasteiger partial charge on any atom is 0.311 e. The van der Waals surface area contributed by atoms with Crippen LogP contribution in [-0.4, -0.2) is 90.5 Å². The first-order valence-corrected chi connectivity index (χ1v) is 10.7. The van der Waals surface area contributed by atoms with E-state index in [4.69, 9.17) is 23.7 Å². The molecule has 0 aromatic heterocycles. The van der Waals surface area contributed by atoms with Crippen molar-refractivity contribution in [2.24, 2.45) is 10.8 Å². The molecule has 7 nitrogen and oxygen atoms in total. The average Bonchev–Trinajstić information content (AvgIpc) is 2.61. The van der Waals surface area contributed by atoms with Crippen LogP contribution >= 0.6 is 0 Å². The summed E-state index contributed by atoms with van der Waals surface area (Å²) in [4.78, 5) is 14.0. The Labute approximate surface area is 178 Å². The van der Waals surface area contributed by atoms with Crippen molar-refractivity contribution in [3.63, 3.8) is 0 Å². The molecule has 0 heterocycles. The highest BCUT2D eigenvalue weighted by molar-refractivity contribution is 5.75. The van der Waals surface area contributed by atoms with E-state index in [1.807, 2.05) is 20.8 Å². The van der Waals surface area contributed by atoms with Crippen LogP contribution in [0.4, 0.5) is 0 Å². The van der Waals surface area contributed by atoms with Gasteiger partial charge >= 0.3 is 5.97 Å². The lowest BCUT2D eigenvalue weighted by Crippen LogP contribution is -2.34. The van der Waals surface area contributed by atoms with E-state index in [0.717, 1.165) is 32.7 Å². The van der Waals surface area contributed by atoms with E-state index in [-0.39, 0.29) is 12.6 Å². The summed E-state index contributed by atoms with van der Waals surface area (Å²) in [6.07, 6.45) is 1.05. The molecule has 0 fully saturated rings. The molecule has 0 amide bonds. The number of rotatable bonds is 17. The lowest BCUT2D eigenvalue weighted by molar-refractivity contribution is -0.154. The summed E-state index contributed by atoms with van der Waals surface area (Å²) in [6.45, 7) is 19.2. The minimum absolute atomic E-state index is 0.205. The van der Waals surface area contributed by atoms with Gasteiger partial charge in [0.1, 0.15) is 6.61 Å². The standard InChI is InChI=1S/C22H45NO6/c1-21(2,3)8-12-26-13-9-23(10-14-27-17-16-25-7)11-15-28-18-19-29-20(24)22(4,5)6/h8-19H2,1-7H3. The zero-order valence-electron chi connectivity index (χ0n) is 19.9. The van der Waals surface area contributed by atoms with E-state index in [1.54, 1.807) is 7.11 Å². The number of ether oxygens (including phenoxy) is 5. The minimum Gasteiger partial charge on any atom is -0.463 e. The average molecular weight is 420 g/mol. The van der Waals surface area contributed by atoms with Crippen LogP contribution in [0.25, 0.3) is 0 Å². The maximum absolute atomic E-state index is 11.7. The summed E-state index contributed by atoms with van der Waals surface area (Å²) >= 11 is 0. The van der Waals surface area contributed by atoms with Gasteiger partial charge in [0.2, 0.25) is 0 Å². The molecule has 0 N–H and O–H groups in total. The van der Waals surface area contributed by atoms with Crippen LogP contribution in [0.15, 0.2) is 0 Å². The molecular formula is C22H45NO6. The second kappa shape index (κ2) is 16.0. The first-order chi connectivity index (χ1) is 13.6. The summed E-state index contributed by atoms with van der Waals surface area (Å²) in [5.74, 6) is -0.205. The van der Waals surface area contributed by atoms with Crippen molar-refractivity contribution in [2.75, 3.05) is 79.6 Å². The maximum atomic E-state index is 11.7. The van der Waals surface area contributed by atoms with Crippen LogP contribution in [0.3, 0.4) is 0 Å².